The Labute approximate surface area is 313 Å². The maximum absolute atomic E-state index is 13.0. The van der Waals surface area contributed by atoms with E-state index in [1.807, 2.05) is 0 Å². The molecule has 13 nitrogen and oxygen atoms in total. The molecular weight excluding hydrogens is 717 g/mol. The molecule has 0 radical (unpaired) electrons. The summed E-state index contributed by atoms with van der Waals surface area (Å²) in [5.74, 6) is -0.0602. The molecule has 1 amide bonds. The van der Waals surface area contributed by atoms with Gasteiger partial charge in [0, 0.05) is 18.3 Å². The number of hydrogen-bond donors (Lipinski definition) is 2. The summed E-state index contributed by atoms with van der Waals surface area (Å²) < 4.78 is 88.2. The maximum atomic E-state index is 13.0. The number of rotatable bonds is 29. The van der Waals surface area contributed by atoms with Crippen LogP contribution < -0.4 is 15.4 Å². The van der Waals surface area contributed by atoms with E-state index in [-0.39, 0.29) is 30.4 Å². The molecule has 0 heterocycles. The number of halogens is 3. The van der Waals surface area contributed by atoms with Crippen LogP contribution in [0.2, 0.25) is 0 Å². The van der Waals surface area contributed by atoms with E-state index in [9.17, 15) is 22.8 Å². The molecule has 0 aliphatic rings. The van der Waals surface area contributed by atoms with Crippen molar-refractivity contribution < 1.29 is 65.4 Å². The fourth-order valence-corrected chi connectivity index (χ4v) is 4.45. The van der Waals surface area contributed by atoms with E-state index in [0.29, 0.717) is 110 Å². The number of amides is 1. The molecule has 0 saturated carbocycles. The van der Waals surface area contributed by atoms with Crippen molar-refractivity contribution >= 4 is 28.9 Å². The largest absolute Gasteiger partial charge is 0.491 e. The lowest BCUT2D eigenvalue weighted by atomic mass is 10.1. The van der Waals surface area contributed by atoms with Gasteiger partial charge in [-0.15, -0.1) is 0 Å². The average Bonchev–Trinajstić information content (AvgIpc) is 3.15. The number of nitrogens with one attached hydrogen (secondary N) is 2. The number of hydrogen-bond acceptors (Lipinski definition) is 12. The lowest BCUT2D eigenvalue weighted by Gasteiger charge is -2.13. The Hall–Kier alpha value is -4.29. The second-order valence-electron chi connectivity index (χ2n) is 11.2. The first-order chi connectivity index (χ1) is 26.2. The lowest BCUT2D eigenvalue weighted by Crippen LogP contribution is -2.16. The van der Waals surface area contributed by atoms with Crippen molar-refractivity contribution in [1.82, 2.24) is 0 Å². The van der Waals surface area contributed by atoms with Gasteiger partial charge in [-0.05, 0) is 54.6 Å². The molecule has 0 aromatic heterocycles. The Balaban J connectivity index is 1.04. The molecule has 2 N–H and O–H groups in total. The minimum absolute atomic E-state index is 0.00640. The van der Waals surface area contributed by atoms with Gasteiger partial charge in [-0.3, -0.25) is 4.79 Å². The Morgan fingerprint density at radius 2 is 1.04 bits per heavy atom. The number of alkyl halides is 3. The summed E-state index contributed by atoms with van der Waals surface area (Å²) >= 11 is 0. The van der Waals surface area contributed by atoms with Crippen molar-refractivity contribution in [2.24, 2.45) is 0 Å². The molecule has 0 fully saturated rings. The minimum Gasteiger partial charge on any atom is -0.491 e. The second-order valence-corrected chi connectivity index (χ2v) is 11.2. The monoisotopic (exact) mass is 766 g/mol. The molecule has 0 aliphatic heterocycles. The van der Waals surface area contributed by atoms with Gasteiger partial charge in [0.1, 0.15) is 19.0 Å². The van der Waals surface area contributed by atoms with E-state index in [4.69, 9.17) is 42.6 Å². The Kier molecular flexibility index (Phi) is 21.6. The highest BCUT2D eigenvalue weighted by molar-refractivity contribution is 5.96. The van der Waals surface area contributed by atoms with Crippen LogP contribution in [0.4, 0.5) is 30.2 Å². The van der Waals surface area contributed by atoms with E-state index < -0.39 is 17.7 Å². The topological polar surface area (TPSA) is 141 Å². The zero-order valence-corrected chi connectivity index (χ0v) is 30.4. The van der Waals surface area contributed by atoms with Gasteiger partial charge in [-0.1, -0.05) is 18.2 Å². The standard InChI is InChI=1S/C38H49F3N2O11/c1-30(44)42-32-9-11-34(12-10-32)53-27-25-51-23-21-49-19-17-47-15-13-46-14-16-48-18-20-50-22-24-52-26-28-54-37(45)35-7-2-3-8-36(35)43-33-6-4-5-31(29-33)38(39,40)41/h2-12,29,43H,13-28H2,1H3,(H,42,44). The van der Waals surface area contributed by atoms with Gasteiger partial charge < -0.3 is 53.3 Å². The van der Waals surface area contributed by atoms with Crippen LogP contribution in [-0.2, 0) is 48.9 Å². The third-order valence-corrected chi connectivity index (χ3v) is 6.98. The molecule has 3 rings (SSSR count). The summed E-state index contributed by atoms with van der Waals surface area (Å²) in [6, 6.07) is 18.2. The highest BCUT2D eigenvalue weighted by Gasteiger charge is 2.30. The summed E-state index contributed by atoms with van der Waals surface area (Å²) in [4.78, 5) is 23.6. The summed E-state index contributed by atoms with van der Waals surface area (Å²) in [5, 5.41) is 5.55. The van der Waals surface area contributed by atoms with Crippen LogP contribution in [0, 0.1) is 0 Å². The van der Waals surface area contributed by atoms with Crippen molar-refractivity contribution in [3.8, 4) is 5.75 Å². The molecule has 16 heteroatoms. The fraction of sp³-hybridized carbons (Fsp3) is 0.474. The number of anilines is 3. The predicted octanol–water partition coefficient (Wildman–Crippen LogP) is 5.76. The number of ether oxygens (including phenoxy) is 9. The molecule has 0 saturated heterocycles. The van der Waals surface area contributed by atoms with Crippen LogP contribution in [0.1, 0.15) is 22.8 Å². The number of esters is 1. The molecular formula is C38H49F3N2O11. The van der Waals surface area contributed by atoms with Gasteiger partial charge in [0.15, 0.2) is 0 Å². The van der Waals surface area contributed by atoms with E-state index in [1.165, 1.54) is 25.1 Å². The first-order valence-electron chi connectivity index (χ1n) is 17.5. The summed E-state index contributed by atoms with van der Waals surface area (Å²) in [6.45, 7) is 7.37. The molecule has 0 aliphatic carbocycles. The predicted molar refractivity (Wildman–Crippen MR) is 193 cm³/mol. The number of carbonyl (C=O) groups excluding carboxylic acids is 2. The molecule has 0 bridgehead atoms. The van der Waals surface area contributed by atoms with Gasteiger partial charge in [-0.2, -0.15) is 13.2 Å². The smallest absolute Gasteiger partial charge is 0.416 e. The van der Waals surface area contributed by atoms with E-state index in [0.717, 1.165) is 12.1 Å². The van der Waals surface area contributed by atoms with Gasteiger partial charge in [0.25, 0.3) is 0 Å². The van der Waals surface area contributed by atoms with Gasteiger partial charge in [0.2, 0.25) is 5.91 Å². The SMILES string of the molecule is CC(=O)Nc1ccc(OCCOCCOCCOCCOCCOCCOCCOCCOC(=O)c2ccccc2Nc2cccc(C(F)(F)F)c2)cc1. The molecule has 3 aromatic carbocycles. The molecule has 0 unspecified atom stereocenters. The number of benzene rings is 3. The van der Waals surface area contributed by atoms with Crippen LogP contribution in [-0.4, -0.2) is 118 Å². The average molecular weight is 767 g/mol. The van der Waals surface area contributed by atoms with Crippen molar-refractivity contribution in [1.29, 1.82) is 0 Å². The molecule has 54 heavy (non-hydrogen) atoms. The minimum atomic E-state index is -4.48. The molecule has 3 aromatic rings. The van der Waals surface area contributed by atoms with Crippen molar-refractivity contribution in [2.45, 2.75) is 13.1 Å². The lowest BCUT2D eigenvalue weighted by molar-refractivity contribution is -0.137. The van der Waals surface area contributed by atoms with E-state index in [2.05, 4.69) is 10.6 Å². The number of carbonyl (C=O) groups is 2. The summed E-state index contributed by atoms with van der Waals surface area (Å²) in [5.41, 5.74) is 0.611. The summed E-state index contributed by atoms with van der Waals surface area (Å²) in [7, 11) is 0. The van der Waals surface area contributed by atoms with Crippen molar-refractivity contribution in [3.63, 3.8) is 0 Å². The van der Waals surface area contributed by atoms with Gasteiger partial charge in [-0.25, -0.2) is 4.79 Å². The maximum Gasteiger partial charge on any atom is 0.416 e. The van der Waals surface area contributed by atoms with Crippen LogP contribution in [0.25, 0.3) is 0 Å². The van der Waals surface area contributed by atoms with E-state index in [1.54, 1.807) is 42.5 Å². The zero-order valence-electron chi connectivity index (χ0n) is 30.4. The third kappa shape index (κ3) is 19.7. The highest BCUT2D eigenvalue weighted by Crippen LogP contribution is 2.32. The summed E-state index contributed by atoms with van der Waals surface area (Å²) in [6.07, 6.45) is -4.48. The first kappa shape index (κ1) is 44.1. The van der Waals surface area contributed by atoms with Crippen LogP contribution in [0.15, 0.2) is 72.8 Å². The van der Waals surface area contributed by atoms with Gasteiger partial charge in [0.05, 0.1) is 109 Å². The third-order valence-electron chi connectivity index (χ3n) is 6.98. The highest BCUT2D eigenvalue weighted by atomic mass is 19.4. The normalized spacial score (nSPS) is 11.3. The second kappa shape index (κ2) is 26.5. The molecule has 0 atom stereocenters. The fourth-order valence-electron chi connectivity index (χ4n) is 4.45. The van der Waals surface area contributed by atoms with E-state index >= 15 is 0 Å². The quantitative estimate of drug-likeness (QED) is 0.0656. The zero-order chi connectivity index (χ0) is 38.7. The number of para-hydroxylation sites is 1. The van der Waals surface area contributed by atoms with Crippen LogP contribution in [0.3, 0.4) is 0 Å². The van der Waals surface area contributed by atoms with Gasteiger partial charge >= 0.3 is 12.1 Å². The Morgan fingerprint density at radius 3 is 1.54 bits per heavy atom. The Bertz CT molecular complexity index is 1480. The van der Waals surface area contributed by atoms with Crippen molar-refractivity contribution in [3.05, 3.63) is 83.9 Å². The van der Waals surface area contributed by atoms with Crippen molar-refractivity contribution in [2.75, 3.05) is 116 Å². The first-order valence-corrected chi connectivity index (χ1v) is 17.5. The Morgan fingerprint density at radius 1 is 0.556 bits per heavy atom. The molecule has 0 spiro atoms. The van der Waals surface area contributed by atoms with Crippen LogP contribution >= 0.6 is 0 Å². The van der Waals surface area contributed by atoms with Crippen LogP contribution in [0.5, 0.6) is 5.75 Å². The molecule has 298 valence electrons.